The Morgan fingerprint density at radius 2 is 1.19 bits per heavy atom. The maximum atomic E-state index is 4.72. The Balaban J connectivity index is 1.49. The van der Waals surface area contributed by atoms with Crippen molar-refractivity contribution in [1.29, 1.82) is 0 Å². The summed E-state index contributed by atoms with van der Waals surface area (Å²) in [6, 6.07) is 44.2. The van der Waals surface area contributed by atoms with Gasteiger partial charge in [-0.2, -0.15) is 0 Å². The summed E-state index contributed by atoms with van der Waals surface area (Å²) in [5.74, 6) is 0. The van der Waals surface area contributed by atoms with Crippen LogP contribution in [-0.4, -0.2) is 14.1 Å². The number of rotatable bonds is 3. The summed E-state index contributed by atoms with van der Waals surface area (Å²) in [5, 5.41) is 5.08. The fraction of sp³-hybridized carbons (Fsp3) is 0.125. The molecule has 208 valence electrons. The molecule has 3 heterocycles. The third-order valence-corrected chi connectivity index (χ3v) is 8.83. The van der Waals surface area contributed by atoms with Crippen molar-refractivity contribution in [2.75, 3.05) is 0 Å². The lowest BCUT2D eigenvalue weighted by Gasteiger charge is -2.19. The first-order chi connectivity index (χ1) is 20.9. The van der Waals surface area contributed by atoms with Gasteiger partial charge in [0.15, 0.2) is 0 Å². The molecular weight excluding hydrogens is 522 g/mol. The molecule has 0 atom stereocenters. The highest BCUT2D eigenvalue weighted by Crippen LogP contribution is 2.41. The molecule has 3 nitrogen and oxygen atoms in total. The van der Waals surface area contributed by atoms with E-state index >= 15 is 0 Å². The van der Waals surface area contributed by atoms with Crippen molar-refractivity contribution < 1.29 is 0 Å². The van der Waals surface area contributed by atoms with E-state index in [1.165, 1.54) is 60.4 Å². The molecule has 43 heavy (non-hydrogen) atoms. The van der Waals surface area contributed by atoms with Crippen LogP contribution in [0.5, 0.6) is 0 Å². The van der Waals surface area contributed by atoms with Gasteiger partial charge in [0.1, 0.15) is 0 Å². The number of hydrogen-bond acceptors (Lipinski definition) is 1. The third kappa shape index (κ3) is 3.99. The van der Waals surface area contributed by atoms with E-state index in [1.54, 1.807) is 0 Å². The van der Waals surface area contributed by atoms with Crippen molar-refractivity contribution in [3.05, 3.63) is 139 Å². The minimum atomic E-state index is 0.0620. The highest BCUT2D eigenvalue weighted by atomic mass is 15.0. The molecule has 0 bridgehead atoms. The lowest BCUT2D eigenvalue weighted by Crippen LogP contribution is -2.10. The fourth-order valence-electron chi connectivity index (χ4n) is 6.66. The standard InChI is InChI=1S/C40H33N3/c1-26-12-11-21-41-39(26)27-13-10-16-30(22-27)43-35-18-9-8-17-31(35)33-24-34-32-23-28(40(2,3)4)19-20-36(32)42(38(34)25-37(33)43)29-14-6-5-7-15-29/h5-25H,1-4H3. The van der Waals surface area contributed by atoms with Crippen LogP contribution in [0.4, 0.5) is 0 Å². The van der Waals surface area contributed by atoms with Gasteiger partial charge in [-0.05, 0) is 84.1 Å². The third-order valence-electron chi connectivity index (χ3n) is 8.83. The first-order valence-corrected chi connectivity index (χ1v) is 15.0. The van der Waals surface area contributed by atoms with Crippen LogP contribution in [0.3, 0.4) is 0 Å². The molecule has 0 aliphatic carbocycles. The number of aryl methyl sites for hydroxylation is 1. The minimum Gasteiger partial charge on any atom is -0.309 e. The van der Waals surface area contributed by atoms with Crippen molar-refractivity contribution >= 4 is 43.6 Å². The van der Waals surface area contributed by atoms with Crippen LogP contribution < -0.4 is 0 Å². The fourth-order valence-corrected chi connectivity index (χ4v) is 6.66. The van der Waals surface area contributed by atoms with Gasteiger partial charge in [0.05, 0.1) is 27.8 Å². The highest BCUT2D eigenvalue weighted by molar-refractivity contribution is 6.19. The first kappa shape index (κ1) is 25.6. The van der Waals surface area contributed by atoms with Crippen LogP contribution in [0, 0.1) is 6.92 Å². The van der Waals surface area contributed by atoms with Gasteiger partial charge < -0.3 is 9.13 Å². The number of pyridine rings is 1. The van der Waals surface area contributed by atoms with Crippen molar-refractivity contribution in [3.63, 3.8) is 0 Å². The Hall–Kier alpha value is -5.15. The lowest BCUT2D eigenvalue weighted by molar-refractivity contribution is 0.591. The number of hydrogen-bond donors (Lipinski definition) is 0. The maximum Gasteiger partial charge on any atom is 0.0731 e. The number of aromatic nitrogens is 3. The minimum absolute atomic E-state index is 0.0620. The normalized spacial score (nSPS) is 12.2. The van der Waals surface area contributed by atoms with Crippen LogP contribution in [-0.2, 0) is 5.41 Å². The summed E-state index contributed by atoms with van der Waals surface area (Å²) in [7, 11) is 0. The van der Waals surface area contributed by atoms with Crippen LogP contribution in [0.15, 0.2) is 128 Å². The maximum absolute atomic E-state index is 4.72. The molecule has 8 rings (SSSR count). The molecule has 0 aliphatic heterocycles. The monoisotopic (exact) mass is 555 g/mol. The Kier molecular flexibility index (Phi) is 5.61. The number of para-hydroxylation sites is 2. The van der Waals surface area contributed by atoms with Gasteiger partial charge in [-0.25, -0.2) is 0 Å². The van der Waals surface area contributed by atoms with E-state index in [1.807, 2.05) is 12.3 Å². The summed E-state index contributed by atoms with van der Waals surface area (Å²) in [6.45, 7) is 8.99. The summed E-state index contributed by atoms with van der Waals surface area (Å²) >= 11 is 0. The Bertz CT molecular complexity index is 2330. The van der Waals surface area contributed by atoms with Crippen LogP contribution in [0.2, 0.25) is 0 Å². The van der Waals surface area contributed by atoms with Crippen LogP contribution in [0.1, 0.15) is 31.9 Å². The van der Waals surface area contributed by atoms with E-state index < -0.39 is 0 Å². The lowest BCUT2D eigenvalue weighted by atomic mass is 9.86. The summed E-state index contributed by atoms with van der Waals surface area (Å²) in [5.41, 5.74) is 11.8. The molecule has 0 spiro atoms. The molecule has 0 N–H and O–H groups in total. The van der Waals surface area contributed by atoms with Crippen molar-refractivity contribution in [1.82, 2.24) is 14.1 Å². The van der Waals surface area contributed by atoms with Crippen molar-refractivity contribution in [2.24, 2.45) is 0 Å². The molecule has 5 aromatic carbocycles. The smallest absolute Gasteiger partial charge is 0.0731 e. The van der Waals surface area contributed by atoms with E-state index in [0.717, 1.165) is 16.9 Å². The van der Waals surface area contributed by atoms with Gasteiger partial charge in [-0.15, -0.1) is 0 Å². The molecule has 0 aliphatic rings. The summed E-state index contributed by atoms with van der Waals surface area (Å²) in [4.78, 5) is 4.72. The highest BCUT2D eigenvalue weighted by Gasteiger charge is 2.21. The van der Waals surface area contributed by atoms with Crippen LogP contribution >= 0.6 is 0 Å². The van der Waals surface area contributed by atoms with Gasteiger partial charge in [0.25, 0.3) is 0 Å². The number of nitrogens with zero attached hydrogens (tertiary/aromatic N) is 3. The van der Waals surface area contributed by atoms with Crippen LogP contribution in [0.25, 0.3) is 66.2 Å². The Morgan fingerprint density at radius 1 is 0.512 bits per heavy atom. The molecule has 0 radical (unpaired) electrons. The second kappa shape index (κ2) is 9.43. The topological polar surface area (TPSA) is 22.8 Å². The average Bonchev–Trinajstić information content (AvgIpc) is 3.52. The second-order valence-electron chi connectivity index (χ2n) is 12.6. The SMILES string of the molecule is Cc1cccnc1-c1cccc(-n2c3ccccc3c3cc4c5cc(C(C)(C)C)ccc5n(-c5ccccc5)c4cc32)c1. The summed E-state index contributed by atoms with van der Waals surface area (Å²) < 4.78 is 4.84. The van der Waals surface area contributed by atoms with E-state index in [9.17, 15) is 0 Å². The predicted molar refractivity (Wildman–Crippen MR) is 182 cm³/mol. The Morgan fingerprint density at radius 3 is 1.98 bits per heavy atom. The molecule has 0 saturated heterocycles. The van der Waals surface area contributed by atoms with Gasteiger partial charge in [0, 0.05) is 44.7 Å². The zero-order valence-electron chi connectivity index (χ0n) is 25.0. The average molecular weight is 556 g/mol. The molecule has 0 saturated carbocycles. The largest absolute Gasteiger partial charge is 0.309 e. The zero-order valence-corrected chi connectivity index (χ0v) is 25.0. The van der Waals surface area contributed by atoms with E-state index in [0.29, 0.717) is 0 Å². The predicted octanol–water partition coefficient (Wildman–Crippen LogP) is 10.5. The van der Waals surface area contributed by atoms with Gasteiger partial charge in [-0.1, -0.05) is 81.4 Å². The van der Waals surface area contributed by atoms with E-state index in [-0.39, 0.29) is 5.41 Å². The molecule has 3 aromatic heterocycles. The van der Waals surface area contributed by atoms with E-state index in [2.05, 4.69) is 152 Å². The molecule has 0 unspecified atom stereocenters. The molecule has 0 fully saturated rings. The molecular formula is C40H33N3. The second-order valence-corrected chi connectivity index (χ2v) is 12.6. The van der Waals surface area contributed by atoms with Gasteiger partial charge >= 0.3 is 0 Å². The molecule has 8 aromatic rings. The molecule has 3 heteroatoms. The molecule has 0 amide bonds. The first-order valence-electron chi connectivity index (χ1n) is 15.0. The van der Waals surface area contributed by atoms with Crippen molar-refractivity contribution in [3.8, 4) is 22.6 Å². The van der Waals surface area contributed by atoms with E-state index in [4.69, 9.17) is 4.98 Å². The number of fused-ring (bicyclic) bond motifs is 6. The van der Waals surface area contributed by atoms with Crippen molar-refractivity contribution in [2.45, 2.75) is 33.1 Å². The Labute approximate surface area is 251 Å². The zero-order chi connectivity index (χ0) is 29.3. The van der Waals surface area contributed by atoms with Gasteiger partial charge in [-0.3, -0.25) is 4.98 Å². The number of benzene rings is 5. The quantitative estimate of drug-likeness (QED) is 0.213. The van der Waals surface area contributed by atoms with Gasteiger partial charge in [0.2, 0.25) is 0 Å². The summed E-state index contributed by atoms with van der Waals surface area (Å²) in [6.07, 6.45) is 1.87.